The number of rotatable bonds is 6. The van der Waals surface area contributed by atoms with Crippen LogP contribution in [0.15, 0.2) is 54.7 Å². The van der Waals surface area contributed by atoms with Crippen molar-refractivity contribution in [1.29, 1.82) is 0 Å². The van der Waals surface area contributed by atoms with Gasteiger partial charge in [0.1, 0.15) is 6.10 Å². The number of nitrogens with zero attached hydrogens (tertiary/aromatic N) is 2. The zero-order valence-electron chi connectivity index (χ0n) is 23.4. The Morgan fingerprint density at radius 3 is 2.60 bits per heavy atom. The van der Waals surface area contributed by atoms with Crippen LogP contribution in [0.2, 0.25) is 5.02 Å². The lowest BCUT2D eigenvalue weighted by atomic mass is 9.85. The first-order chi connectivity index (χ1) is 19.3. The summed E-state index contributed by atoms with van der Waals surface area (Å²) in [5.41, 5.74) is 4.05. The molecule has 1 fully saturated rings. The topological polar surface area (TPSA) is 90.2 Å². The van der Waals surface area contributed by atoms with Crippen molar-refractivity contribution in [3.8, 4) is 17.2 Å². The lowest BCUT2D eigenvalue weighted by Gasteiger charge is -2.33. The third-order valence-electron chi connectivity index (χ3n) is 7.72. The maximum Gasteiger partial charge on any atom is 0.306 e. The van der Waals surface area contributed by atoms with Gasteiger partial charge in [0, 0.05) is 47.6 Å². The lowest BCUT2D eigenvalue weighted by molar-refractivity contribution is -0.145. The second-order valence-corrected chi connectivity index (χ2v) is 10.5. The molecule has 0 radical (unpaired) electrons. The molecule has 5 rings (SSSR count). The number of aromatic nitrogens is 1. The van der Waals surface area contributed by atoms with E-state index in [9.17, 15) is 9.59 Å². The molecule has 9 heteroatoms. The van der Waals surface area contributed by atoms with Gasteiger partial charge in [-0.2, -0.15) is 0 Å². The van der Waals surface area contributed by atoms with E-state index >= 15 is 0 Å². The summed E-state index contributed by atoms with van der Waals surface area (Å²) in [6.07, 6.45) is 5.42. The molecule has 8 nitrogen and oxygen atoms in total. The number of benzene rings is 2. The van der Waals surface area contributed by atoms with Crippen molar-refractivity contribution in [2.24, 2.45) is 5.92 Å². The number of carboxylic acid groups (broad SMARTS) is 1. The van der Waals surface area contributed by atoms with E-state index in [4.69, 9.17) is 30.9 Å². The first-order valence-corrected chi connectivity index (χ1v) is 13.9. The van der Waals surface area contributed by atoms with Crippen LogP contribution in [0.1, 0.15) is 62.0 Å². The molecule has 1 aliphatic heterocycles. The highest BCUT2D eigenvalue weighted by atomic mass is 35.5. The molecule has 2 heterocycles. The Balaban J connectivity index is 0.000000212. The Labute approximate surface area is 240 Å². The third kappa shape index (κ3) is 6.29. The lowest BCUT2D eigenvalue weighted by Crippen LogP contribution is -2.41. The van der Waals surface area contributed by atoms with Gasteiger partial charge >= 0.3 is 5.97 Å². The molecule has 0 spiro atoms. The highest BCUT2D eigenvalue weighted by molar-refractivity contribution is 6.30. The van der Waals surface area contributed by atoms with Gasteiger partial charge in [-0.3, -0.25) is 9.59 Å². The van der Waals surface area contributed by atoms with Gasteiger partial charge in [0.15, 0.2) is 11.5 Å². The average Bonchev–Trinajstić information content (AvgIpc) is 3.39. The number of carbonyl (C=O) groups excluding carboxylic acids is 1. The van der Waals surface area contributed by atoms with Crippen LogP contribution < -0.4 is 9.47 Å². The number of halogens is 1. The molecule has 2 aromatic carbocycles. The molecule has 1 aliphatic carbocycles. The van der Waals surface area contributed by atoms with Crippen molar-refractivity contribution in [3.05, 3.63) is 76.6 Å². The summed E-state index contributed by atoms with van der Waals surface area (Å²) in [6.45, 7) is 2.32. The minimum Gasteiger partial charge on any atom is -0.493 e. The molecular weight excluding hydrogens is 532 g/mol. The van der Waals surface area contributed by atoms with Gasteiger partial charge in [0.2, 0.25) is 5.91 Å². The van der Waals surface area contributed by atoms with Crippen molar-refractivity contribution in [2.75, 3.05) is 21.3 Å². The summed E-state index contributed by atoms with van der Waals surface area (Å²) >= 11 is 6.30. The number of aliphatic carboxylic acids is 1. The molecule has 1 aromatic heterocycles. The van der Waals surface area contributed by atoms with Crippen molar-refractivity contribution < 1.29 is 28.9 Å². The standard InChI is InChI=1S/C20H18ClNO3.C11H19NO3/c1-23-18-7-3-6-15(20(18)24-2)19-16-11-13(21)8-9-17(16)22-10-4-5-14(22)12-25-19;1-3-10(13)12(2)9-6-4-5-8(7-9)11(14)15/h3-11,19H,12H2,1-2H3;8-9H,3-7H2,1-2H3,(H,14,15). The number of hydrogen-bond donors (Lipinski definition) is 1. The summed E-state index contributed by atoms with van der Waals surface area (Å²) in [7, 11) is 5.05. The average molecular weight is 569 g/mol. The van der Waals surface area contributed by atoms with Crippen LogP contribution in [0.4, 0.5) is 0 Å². The molecule has 214 valence electrons. The number of ether oxygens (including phenoxy) is 3. The zero-order chi connectivity index (χ0) is 28.8. The van der Waals surface area contributed by atoms with Crippen LogP contribution in [0.3, 0.4) is 0 Å². The van der Waals surface area contributed by atoms with Crippen molar-refractivity contribution in [1.82, 2.24) is 9.47 Å². The van der Waals surface area contributed by atoms with Crippen LogP contribution >= 0.6 is 11.6 Å². The summed E-state index contributed by atoms with van der Waals surface area (Å²) in [6, 6.07) is 15.9. The molecule has 3 aromatic rings. The molecule has 2 aliphatic rings. The highest BCUT2D eigenvalue weighted by Gasteiger charge is 2.30. The van der Waals surface area contributed by atoms with E-state index in [1.54, 1.807) is 26.2 Å². The second kappa shape index (κ2) is 13.2. The predicted octanol–water partition coefficient (Wildman–Crippen LogP) is 6.27. The molecule has 3 atom stereocenters. The van der Waals surface area contributed by atoms with E-state index < -0.39 is 5.97 Å². The van der Waals surface area contributed by atoms with E-state index in [-0.39, 0.29) is 24.0 Å². The van der Waals surface area contributed by atoms with Crippen LogP contribution in [0, 0.1) is 5.92 Å². The van der Waals surface area contributed by atoms with Crippen LogP contribution in [-0.2, 0) is 20.9 Å². The van der Waals surface area contributed by atoms with Crippen LogP contribution in [0.25, 0.3) is 5.69 Å². The van der Waals surface area contributed by atoms with Gasteiger partial charge in [-0.05, 0) is 55.7 Å². The molecule has 40 heavy (non-hydrogen) atoms. The number of hydrogen-bond acceptors (Lipinski definition) is 5. The largest absolute Gasteiger partial charge is 0.493 e. The Hall–Kier alpha value is -3.49. The number of methoxy groups -OCH3 is 2. The minimum absolute atomic E-state index is 0.103. The third-order valence-corrected chi connectivity index (χ3v) is 7.95. The monoisotopic (exact) mass is 568 g/mol. The fourth-order valence-electron chi connectivity index (χ4n) is 5.55. The number of carboxylic acids is 1. The molecule has 0 bridgehead atoms. The molecule has 0 saturated heterocycles. The number of amides is 1. The number of fused-ring (bicyclic) bond motifs is 3. The van der Waals surface area contributed by atoms with Gasteiger partial charge in [-0.25, -0.2) is 0 Å². The van der Waals surface area contributed by atoms with Crippen molar-refractivity contribution in [2.45, 2.75) is 57.8 Å². The normalized spacial score (nSPS) is 19.7. The molecular formula is C31H37ClN2O6. The molecule has 1 amide bonds. The van der Waals surface area contributed by atoms with Gasteiger partial charge in [0.05, 0.1) is 32.4 Å². The maximum atomic E-state index is 11.5. The summed E-state index contributed by atoms with van der Waals surface area (Å²) in [4.78, 5) is 24.0. The highest BCUT2D eigenvalue weighted by Crippen LogP contribution is 2.43. The molecule has 3 unspecified atom stereocenters. The Kier molecular flexibility index (Phi) is 9.76. The zero-order valence-corrected chi connectivity index (χ0v) is 24.2. The maximum absolute atomic E-state index is 11.5. The molecule has 1 N–H and O–H groups in total. The van der Waals surface area contributed by atoms with Crippen molar-refractivity contribution in [3.63, 3.8) is 0 Å². The van der Waals surface area contributed by atoms with Crippen molar-refractivity contribution >= 4 is 23.5 Å². The van der Waals surface area contributed by atoms with E-state index in [1.165, 1.54) is 0 Å². The Bertz CT molecular complexity index is 1340. The first-order valence-electron chi connectivity index (χ1n) is 13.6. The second-order valence-electron chi connectivity index (χ2n) is 10.1. The predicted molar refractivity (Wildman–Crippen MR) is 153 cm³/mol. The van der Waals surface area contributed by atoms with E-state index in [2.05, 4.69) is 10.6 Å². The van der Waals surface area contributed by atoms with Gasteiger partial charge in [-0.1, -0.05) is 37.1 Å². The van der Waals surface area contributed by atoms with Gasteiger partial charge in [-0.15, -0.1) is 0 Å². The Morgan fingerprint density at radius 2 is 1.90 bits per heavy atom. The number of para-hydroxylation sites is 1. The first kappa shape index (κ1) is 29.5. The summed E-state index contributed by atoms with van der Waals surface area (Å²) in [5, 5.41) is 9.60. The summed E-state index contributed by atoms with van der Waals surface area (Å²) in [5.74, 6) is 0.461. The van der Waals surface area contributed by atoms with E-state index in [1.807, 2.05) is 55.6 Å². The van der Waals surface area contributed by atoms with Crippen LogP contribution in [0.5, 0.6) is 11.5 Å². The van der Waals surface area contributed by atoms with E-state index in [0.717, 1.165) is 41.8 Å². The smallest absolute Gasteiger partial charge is 0.306 e. The van der Waals surface area contributed by atoms with Gasteiger partial charge in [0.25, 0.3) is 0 Å². The fraction of sp³-hybridized carbons (Fsp3) is 0.419. The fourth-order valence-corrected chi connectivity index (χ4v) is 5.73. The van der Waals surface area contributed by atoms with Crippen LogP contribution in [-0.4, -0.2) is 53.8 Å². The summed E-state index contributed by atoms with van der Waals surface area (Å²) < 4.78 is 19.5. The quantitative estimate of drug-likeness (QED) is 0.377. The van der Waals surface area contributed by atoms with E-state index in [0.29, 0.717) is 36.0 Å². The SMILES string of the molecule is CCC(=O)N(C)C1CCCC(C(=O)O)C1.COc1cccc(C2OCc3cccn3-c3ccc(Cl)cc32)c1OC. The molecule has 1 saturated carbocycles. The van der Waals surface area contributed by atoms with Gasteiger partial charge < -0.3 is 28.8 Å². The Morgan fingerprint density at radius 1 is 1.10 bits per heavy atom. The minimum atomic E-state index is -0.725. The number of carbonyl (C=O) groups is 2.